The Labute approximate surface area is 251 Å². The molecule has 4 radical (unpaired) electrons. The Balaban J connectivity index is -0.000000105. The van der Waals surface area contributed by atoms with E-state index in [9.17, 15) is 9.59 Å². The Morgan fingerprint density at radius 1 is 0.576 bits per heavy atom. The van der Waals surface area contributed by atoms with E-state index in [0.717, 1.165) is 0 Å². The van der Waals surface area contributed by atoms with Crippen LogP contribution in [0.15, 0.2) is 0 Å². The van der Waals surface area contributed by atoms with E-state index in [-0.39, 0.29) is 47.8 Å². The summed E-state index contributed by atoms with van der Waals surface area (Å²) in [6.07, 6.45) is 11.7. The molecule has 0 spiro atoms. The number of halogens is 6. The summed E-state index contributed by atoms with van der Waals surface area (Å²) in [4.78, 5) is 19.2. The zero-order chi connectivity index (χ0) is 26.1. The third-order valence-corrected chi connectivity index (χ3v) is 12.4. The normalized spacial score (nSPS) is 10.2. The number of rotatable bonds is 12. The molecular formula is C20H40Cl6O5Sn2. The molecule has 0 saturated carbocycles. The van der Waals surface area contributed by atoms with Crippen LogP contribution in [0.4, 0.5) is 0 Å². The van der Waals surface area contributed by atoms with Crippen molar-refractivity contribution in [1.29, 1.82) is 0 Å². The van der Waals surface area contributed by atoms with Crippen molar-refractivity contribution in [1.82, 2.24) is 0 Å². The monoisotopic (exact) mass is 810 g/mol. The van der Waals surface area contributed by atoms with Gasteiger partial charge in [0.15, 0.2) is 0 Å². The third-order valence-electron chi connectivity index (χ3n) is 3.31. The predicted molar refractivity (Wildman–Crippen MR) is 150 cm³/mol. The van der Waals surface area contributed by atoms with Gasteiger partial charge in [0, 0.05) is 0 Å². The molecule has 0 aliphatic heterocycles. The minimum atomic E-state index is -2.17. The topological polar surface area (TPSA) is 106 Å². The number of aliphatic carboxylic acids is 2. The standard InChI is InChI=1S/4C4H9.2C2HCl3O2.H2O.2Sn/c4*1-3-4-2;2*3-2(4,5)1(6)7;;;/h4*1,3-4H2,2H3;2*(H,6,7);1H2;;. The van der Waals surface area contributed by atoms with E-state index in [0.29, 0.717) is 0 Å². The largest absolute Gasteiger partial charge is 0.478 e. The Morgan fingerprint density at radius 3 is 0.818 bits per heavy atom. The predicted octanol–water partition coefficient (Wildman–Crippen LogP) is 8.31. The molecule has 0 aliphatic carbocycles. The number of carboxylic acids is 2. The second-order valence-electron chi connectivity index (χ2n) is 6.52. The summed E-state index contributed by atoms with van der Waals surface area (Å²) in [6, 6.07) is 0. The summed E-state index contributed by atoms with van der Waals surface area (Å²) < 4.78 is 2.17. The molecular weight excluding hydrogens is 770 g/mol. The number of unbranched alkanes of at least 4 members (excludes halogenated alkanes) is 4. The van der Waals surface area contributed by atoms with Crippen LogP contribution in [0.1, 0.15) is 79.1 Å². The molecule has 0 unspecified atom stereocenters. The van der Waals surface area contributed by atoms with E-state index >= 15 is 0 Å². The van der Waals surface area contributed by atoms with Gasteiger partial charge in [0.1, 0.15) is 0 Å². The van der Waals surface area contributed by atoms with E-state index in [1.54, 1.807) is 17.7 Å². The minimum Gasteiger partial charge on any atom is -0.478 e. The van der Waals surface area contributed by atoms with Gasteiger partial charge in [-0.2, -0.15) is 0 Å². The van der Waals surface area contributed by atoms with Crippen LogP contribution in [0.3, 0.4) is 0 Å². The van der Waals surface area contributed by atoms with Crippen molar-refractivity contribution in [3.8, 4) is 0 Å². The summed E-state index contributed by atoms with van der Waals surface area (Å²) in [5.74, 6) is -2.92. The van der Waals surface area contributed by atoms with Crippen LogP contribution in [-0.2, 0) is 9.59 Å². The summed E-state index contributed by atoms with van der Waals surface area (Å²) in [5, 5.41) is 15.7. The fourth-order valence-electron chi connectivity index (χ4n) is 1.46. The van der Waals surface area contributed by atoms with Gasteiger partial charge in [-0.25, -0.2) is 9.59 Å². The van der Waals surface area contributed by atoms with E-state index in [1.807, 2.05) is 0 Å². The molecule has 0 fully saturated rings. The molecule has 0 heterocycles. The molecule has 0 aromatic rings. The first kappa shape index (κ1) is 45.2. The zero-order valence-electron chi connectivity index (χ0n) is 20.0. The molecule has 0 aromatic carbocycles. The maximum atomic E-state index is 9.62. The SMILES string of the molecule is CCC[CH2][Sn][CH2]CCC.CCC[CH2][Sn][CH2]CCC.O.O=C(O)C(Cl)(Cl)Cl.O=C(O)C(Cl)(Cl)Cl. The second kappa shape index (κ2) is 32.3. The number of carboxylic acid groups (broad SMARTS) is 2. The zero-order valence-corrected chi connectivity index (χ0v) is 30.2. The van der Waals surface area contributed by atoms with E-state index < -0.39 is 19.5 Å². The number of hydrogen-bond acceptors (Lipinski definition) is 2. The van der Waals surface area contributed by atoms with Crippen LogP contribution < -0.4 is 0 Å². The Morgan fingerprint density at radius 2 is 0.727 bits per heavy atom. The number of carbonyl (C=O) groups is 2. The molecule has 0 amide bonds. The van der Waals surface area contributed by atoms with E-state index in [1.165, 1.54) is 51.4 Å². The first-order valence-electron chi connectivity index (χ1n) is 10.7. The van der Waals surface area contributed by atoms with Crippen molar-refractivity contribution < 1.29 is 25.3 Å². The summed E-state index contributed by atoms with van der Waals surface area (Å²) >= 11 is 29.1. The minimum absolute atomic E-state index is 0. The Hall–Kier alpha value is 2.24. The molecule has 0 aromatic heterocycles. The van der Waals surface area contributed by atoms with Crippen LogP contribution >= 0.6 is 69.6 Å². The maximum Gasteiger partial charge on any atom is 0.356 e. The van der Waals surface area contributed by atoms with Gasteiger partial charge in [-0.05, 0) is 0 Å². The van der Waals surface area contributed by atoms with Crippen LogP contribution in [0, 0.1) is 0 Å². The average Bonchev–Trinajstić information content (AvgIpc) is 2.68. The average molecular weight is 811 g/mol. The molecule has 4 N–H and O–H groups in total. The molecule has 200 valence electrons. The van der Waals surface area contributed by atoms with Crippen molar-refractivity contribution in [3.63, 3.8) is 0 Å². The second-order valence-corrected chi connectivity index (χ2v) is 19.6. The molecule has 5 nitrogen and oxygen atoms in total. The van der Waals surface area contributed by atoms with Gasteiger partial charge in [-0.15, -0.1) is 0 Å². The van der Waals surface area contributed by atoms with E-state index in [4.69, 9.17) is 79.8 Å². The van der Waals surface area contributed by atoms with Gasteiger partial charge < -0.3 is 15.7 Å². The Kier molecular flexibility index (Phi) is 44.2. The molecule has 0 rings (SSSR count). The fraction of sp³-hybridized carbons (Fsp3) is 0.900. The summed E-state index contributed by atoms with van der Waals surface area (Å²) in [7, 11) is 0. The van der Waals surface area contributed by atoms with Crippen molar-refractivity contribution in [3.05, 3.63) is 0 Å². The fourth-order valence-corrected chi connectivity index (χ4v) is 9.77. The quantitative estimate of drug-likeness (QED) is 0.118. The first-order valence-corrected chi connectivity index (χ1v) is 21.1. The van der Waals surface area contributed by atoms with Crippen LogP contribution in [-0.4, -0.2) is 77.5 Å². The smallest absolute Gasteiger partial charge is 0.356 e. The van der Waals surface area contributed by atoms with Gasteiger partial charge in [0.05, 0.1) is 0 Å². The third kappa shape index (κ3) is 51.7. The van der Waals surface area contributed by atoms with Crippen molar-refractivity contribution in [2.45, 2.75) is 104 Å². The molecule has 13 heteroatoms. The van der Waals surface area contributed by atoms with Crippen LogP contribution in [0.25, 0.3) is 0 Å². The van der Waals surface area contributed by atoms with Crippen molar-refractivity contribution in [2.24, 2.45) is 0 Å². The Bertz CT molecular complexity index is 373. The van der Waals surface area contributed by atoms with Gasteiger partial charge >= 0.3 is 151 Å². The first-order chi connectivity index (χ1) is 14.7. The molecule has 0 atom stereocenters. The molecule has 0 saturated heterocycles. The number of alkyl halides is 6. The molecule has 0 bridgehead atoms. The summed E-state index contributed by atoms with van der Waals surface area (Å²) in [5.41, 5.74) is 0. The molecule has 33 heavy (non-hydrogen) atoms. The van der Waals surface area contributed by atoms with Crippen LogP contribution in [0.5, 0.6) is 0 Å². The maximum absolute atomic E-state index is 9.62. The van der Waals surface area contributed by atoms with Crippen molar-refractivity contribution in [2.75, 3.05) is 0 Å². The van der Waals surface area contributed by atoms with Gasteiger partial charge in [-0.3, -0.25) is 0 Å². The van der Waals surface area contributed by atoms with E-state index in [2.05, 4.69) is 27.7 Å². The van der Waals surface area contributed by atoms with Crippen LogP contribution in [0.2, 0.25) is 17.7 Å². The summed E-state index contributed by atoms with van der Waals surface area (Å²) in [6.45, 7) is 9.16. The van der Waals surface area contributed by atoms with Gasteiger partial charge in [0.25, 0.3) is 7.59 Å². The number of hydrogen-bond donors (Lipinski definition) is 2. The van der Waals surface area contributed by atoms with Gasteiger partial charge in [-0.1, -0.05) is 69.6 Å². The molecule has 0 aliphatic rings. The van der Waals surface area contributed by atoms with Gasteiger partial charge in [0.2, 0.25) is 0 Å². The van der Waals surface area contributed by atoms with Crippen molar-refractivity contribution >= 4 is 124 Å².